The monoisotopic (exact) mass is 379 g/mol. The summed E-state index contributed by atoms with van der Waals surface area (Å²) in [4.78, 5) is 17.9. The summed E-state index contributed by atoms with van der Waals surface area (Å²) in [6.07, 6.45) is 4.00. The van der Waals surface area contributed by atoms with Crippen molar-refractivity contribution < 1.29 is 4.79 Å². The number of primary amides is 1. The van der Waals surface area contributed by atoms with Crippen LogP contribution in [0.2, 0.25) is 5.02 Å². The van der Waals surface area contributed by atoms with E-state index in [1.807, 2.05) is 24.3 Å². The number of guanidine groups is 1. The molecule has 0 aliphatic carbocycles. The van der Waals surface area contributed by atoms with E-state index in [9.17, 15) is 4.79 Å². The molecule has 0 radical (unpaired) electrons. The van der Waals surface area contributed by atoms with Gasteiger partial charge in [0.25, 0.3) is 0 Å². The van der Waals surface area contributed by atoms with Crippen molar-refractivity contribution >= 4 is 23.5 Å². The fourth-order valence-electron chi connectivity index (χ4n) is 3.12. The Morgan fingerprint density at radius 3 is 2.54 bits per heavy atom. The summed E-state index contributed by atoms with van der Waals surface area (Å²) < 4.78 is 0. The number of halogens is 1. The highest BCUT2D eigenvalue weighted by atomic mass is 35.5. The Hall–Kier alpha value is -1.79. The molecule has 1 aromatic rings. The maximum atomic E-state index is 11.2. The number of rotatable bonds is 8. The molecule has 0 atom stereocenters. The van der Waals surface area contributed by atoms with Gasteiger partial charge in [0.2, 0.25) is 5.91 Å². The Balaban J connectivity index is 1.55. The predicted molar refractivity (Wildman–Crippen MR) is 107 cm³/mol. The van der Waals surface area contributed by atoms with E-state index in [1.165, 1.54) is 0 Å². The first-order chi connectivity index (χ1) is 12.6. The fourth-order valence-corrected chi connectivity index (χ4v) is 3.24. The molecule has 0 unspecified atom stereocenters. The molecule has 1 heterocycles. The summed E-state index contributed by atoms with van der Waals surface area (Å²) in [5.74, 6) is 0.733. The maximum Gasteiger partial charge on any atom is 0.220 e. The molecular weight excluding hydrogens is 350 g/mol. The molecule has 0 spiro atoms. The number of hydrogen-bond donors (Lipinski definition) is 3. The van der Waals surface area contributed by atoms with Crippen molar-refractivity contribution in [3.05, 3.63) is 34.9 Å². The summed E-state index contributed by atoms with van der Waals surface area (Å²) in [6, 6.07) is 7.79. The van der Waals surface area contributed by atoms with Crippen LogP contribution in [0.5, 0.6) is 0 Å². The summed E-state index contributed by atoms with van der Waals surface area (Å²) in [5.41, 5.74) is 6.54. The molecule has 6 nitrogen and oxygen atoms in total. The van der Waals surface area contributed by atoms with E-state index in [1.54, 1.807) is 7.05 Å². The molecule has 0 saturated carbocycles. The van der Waals surface area contributed by atoms with Gasteiger partial charge in [-0.2, -0.15) is 0 Å². The van der Waals surface area contributed by atoms with Gasteiger partial charge >= 0.3 is 0 Å². The van der Waals surface area contributed by atoms with Crippen LogP contribution in [0, 0.1) is 5.92 Å². The molecule has 26 heavy (non-hydrogen) atoms. The maximum absolute atomic E-state index is 11.2. The standard InChI is InChI=1S/C19H30ClN5O/c1-22-19(24-14-15-4-6-17(20)7-5-15)23-10-2-3-11-25-12-8-16(9-13-25)18(21)26/h4-7,16H,2-3,8-14H2,1H3,(H2,21,26)(H2,22,23,24). The highest BCUT2D eigenvalue weighted by Crippen LogP contribution is 2.16. The fraction of sp³-hybridized carbons (Fsp3) is 0.579. The first-order valence-corrected chi connectivity index (χ1v) is 9.67. The van der Waals surface area contributed by atoms with Gasteiger partial charge in [0, 0.05) is 31.1 Å². The number of nitrogens with two attached hydrogens (primary N) is 1. The van der Waals surface area contributed by atoms with Gasteiger partial charge in [-0.05, 0) is 63.0 Å². The van der Waals surface area contributed by atoms with E-state index in [-0.39, 0.29) is 11.8 Å². The number of nitrogens with one attached hydrogen (secondary N) is 2. The van der Waals surface area contributed by atoms with Crippen molar-refractivity contribution in [2.45, 2.75) is 32.2 Å². The number of nitrogens with zero attached hydrogens (tertiary/aromatic N) is 2. The quantitative estimate of drug-likeness (QED) is 0.366. The summed E-state index contributed by atoms with van der Waals surface area (Å²) >= 11 is 5.90. The Morgan fingerprint density at radius 2 is 1.92 bits per heavy atom. The van der Waals surface area contributed by atoms with Crippen molar-refractivity contribution in [3.63, 3.8) is 0 Å². The minimum atomic E-state index is -0.147. The van der Waals surface area contributed by atoms with Gasteiger partial charge in [0.05, 0.1) is 0 Å². The van der Waals surface area contributed by atoms with Crippen LogP contribution in [-0.2, 0) is 11.3 Å². The third-order valence-electron chi connectivity index (χ3n) is 4.78. The molecule has 0 bridgehead atoms. The van der Waals surface area contributed by atoms with Crippen LogP contribution in [0.15, 0.2) is 29.3 Å². The molecule has 0 aromatic heterocycles. The minimum Gasteiger partial charge on any atom is -0.369 e. The summed E-state index contributed by atoms with van der Waals surface area (Å²) in [7, 11) is 1.78. The number of amides is 1. The van der Waals surface area contributed by atoms with Crippen molar-refractivity contribution in [2.24, 2.45) is 16.6 Å². The average Bonchev–Trinajstić information content (AvgIpc) is 2.65. The first kappa shape index (κ1) is 20.5. The lowest BCUT2D eigenvalue weighted by molar-refractivity contribution is -0.123. The van der Waals surface area contributed by atoms with Gasteiger partial charge in [-0.15, -0.1) is 0 Å². The van der Waals surface area contributed by atoms with E-state index >= 15 is 0 Å². The van der Waals surface area contributed by atoms with Crippen LogP contribution < -0.4 is 16.4 Å². The molecule has 1 aliphatic heterocycles. The van der Waals surface area contributed by atoms with Crippen LogP contribution in [0.3, 0.4) is 0 Å². The van der Waals surface area contributed by atoms with Crippen LogP contribution >= 0.6 is 11.6 Å². The molecule has 1 fully saturated rings. The van der Waals surface area contributed by atoms with E-state index in [4.69, 9.17) is 17.3 Å². The van der Waals surface area contributed by atoms with Crippen molar-refractivity contribution in [1.29, 1.82) is 0 Å². The zero-order chi connectivity index (χ0) is 18.8. The lowest BCUT2D eigenvalue weighted by atomic mass is 9.96. The number of likely N-dealkylation sites (tertiary alicyclic amines) is 1. The second-order valence-electron chi connectivity index (χ2n) is 6.70. The van der Waals surface area contributed by atoms with Crippen LogP contribution in [0.4, 0.5) is 0 Å². The number of piperidine rings is 1. The second kappa shape index (κ2) is 11.0. The minimum absolute atomic E-state index is 0.0722. The van der Waals surface area contributed by atoms with Crippen molar-refractivity contribution in [1.82, 2.24) is 15.5 Å². The first-order valence-electron chi connectivity index (χ1n) is 9.29. The zero-order valence-corrected chi connectivity index (χ0v) is 16.3. The molecule has 1 amide bonds. The SMILES string of the molecule is CN=C(NCCCCN1CCC(C(N)=O)CC1)NCc1ccc(Cl)cc1. The molecular formula is C19H30ClN5O. The van der Waals surface area contributed by atoms with Crippen LogP contribution in [0.1, 0.15) is 31.2 Å². The third kappa shape index (κ3) is 7.22. The molecule has 2 rings (SSSR count). The van der Waals surface area contributed by atoms with Crippen molar-refractivity contribution in [2.75, 3.05) is 33.2 Å². The van der Waals surface area contributed by atoms with Gasteiger partial charge in [-0.25, -0.2) is 0 Å². The summed E-state index contributed by atoms with van der Waals surface area (Å²) in [5, 5.41) is 7.39. The van der Waals surface area contributed by atoms with Gasteiger partial charge in [0.15, 0.2) is 5.96 Å². The average molecular weight is 380 g/mol. The van der Waals surface area contributed by atoms with Gasteiger partial charge < -0.3 is 21.3 Å². The lowest BCUT2D eigenvalue weighted by Gasteiger charge is -2.30. The Morgan fingerprint density at radius 1 is 1.23 bits per heavy atom. The Labute approximate surface area is 161 Å². The lowest BCUT2D eigenvalue weighted by Crippen LogP contribution is -2.39. The number of unbranched alkanes of at least 4 members (excludes halogenated alkanes) is 1. The largest absolute Gasteiger partial charge is 0.369 e. The topological polar surface area (TPSA) is 82.8 Å². The van der Waals surface area contributed by atoms with E-state index in [0.29, 0.717) is 6.54 Å². The number of benzene rings is 1. The van der Waals surface area contributed by atoms with E-state index < -0.39 is 0 Å². The van der Waals surface area contributed by atoms with Crippen LogP contribution in [-0.4, -0.2) is 50.0 Å². The normalized spacial score (nSPS) is 16.5. The molecule has 144 valence electrons. The zero-order valence-electron chi connectivity index (χ0n) is 15.5. The number of hydrogen-bond acceptors (Lipinski definition) is 3. The third-order valence-corrected chi connectivity index (χ3v) is 5.03. The van der Waals surface area contributed by atoms with Gasteiger partial charge in [-0.3, -0.25) is 9.79 Å². The van der Waals surface area contributed by atoms with Gasteiger partial charge in [-0.1, -0.05) is 23.7 Å². The molecule has 1 saturated heterocycles. The Kier molecular flexibility index (Phi) is 8.71. The Bertz CT molecular complexity index is 582. The highest BCUT2D eigenvalue weighted by Gasteiger charge is 2.22. The summed E-state index contributed by atoms with van der Waals surface area (Å²) in [6.45, 7) is 4.63. The predicted octanol–water partition coefficient (Wildman–Crippen LogP) is 1.98. The van der Waals surface area contributed by atoms with E-state index in [2.05, 4.69) is 20.5 Å². The second-order valence-corrected chi connectivity index (χ2v) is 7.14. The number of carbonyl (C=O) groups excluding carboxylic acids is 1. The number of carbonyl (C=O) groups is 1. The molecule has 1 aliphatic rings. The van der Waals surface area contributed by atoms with Gasteiger partial charge in [0.1, 0.15) is 0 Å². The van der Waals surface area contributed by atoms with Crippen LogP contribution in [0.25, 0.3) is 0 Å². The molecule has 7 heteroatoms. The molecule has 1 aromatic carbocycles. The van der Waals surface area contributed by atoms with E-state index in [0.717, 1.165) is 68.4 Å². The number of aliphatic imine (C=N–C) groups is 1. The highest BCUT2D eigenvalue weighted by molar-refractivity contribution is 6.30. The molecule has 4 N–H and O–H groups in total. The smallest absolute Gasteiger partial charge is 0.220 e. The van der Waals surface area contributed by atoms with Crippen molar-refractivity contribution in [3.8, 4) is 0 Å².